The minimum atomic E-state index is -0.600. The number of nitrogens with zero attached hydrogens (tertiary/aromatic N) is 7. The lowest BCUT2D eigenvalue weighted by Crippen LogP contribution is -2.73. The quantitative estimate of drug-likeness (QED) is 0.587. The molecule has 2 fully saturated rings. The van der Waals surface area contributed by atoms with Gasteiger partial charge in [-0.25, -0.2) is 0 Å². The van der Waals surface area contributed by atoms with Gasteiger partial charge in [0.05, 0.1) is 52.7 Å². The average molecular weight is 468 g/mol. The Hall–Kier alpha value is -4.19. The van der Waals surface area contributed by atoms with Gasteiger partial charge in [0.2, 0.25) is 0 Å². The molecule has 9 heteroatoms. The predicted molar refractivity (Wildman–Crippen MR) is 129 cm³/mol. The molecule has 0 N–H and O–H groups in total. The van der Waals surface area contributed by atoms with Crippen LogP contribution in [0.4, 0.5) is 11.4 Å². The first-order chi connectivity index (χ1) is 16.7. The van der Waals surface area contributed by atoms with Crippen molar-refractivity contribution in [3.05, 3.63) is 71.3 Å². The van der Waals surface area contributed by atoms with Gasteiger partial charge in [-0.1, -0.05) is 0 Å². The van der Waals surface area contributed by atoms with Crippen LogP contribution in [0.3, 0.4) is 0 Å². The van der Waals surface area contributed by atoms with Crippen molar-refractivity contribution in [3.8, 4) is 6.07 Å². The Morgan fingerprint density at radius 1 is 1.06 bits per heavy atom. The van der Waals surface area contributed by atoms with Crippen molar-refractivity contribution in [3.63, 3.8) is 0 Å². The molecule has 0 radical (unpaired) electrons. The largest absolute Gasteiger partial charge is 0.369 e. The molecular formula is C26H25N7O2. The molecule has 6 rings (SSSR count). The molecule has 0 saturated carbocycles. The monoisotopic (exact) mass is 467 g/mol. The molecule has 2 amide bonds. The molecule has 1 spiro atoms. The fourth-order valence-corrected chi connectivity index (χ4v) is 5.72. The minimum Gasteiger partial charge on any atom is -0.369 e. The van der Waals surface area contributed by atoms with E-state index in [2.05, 4.69) is 21.1 Å². The van der Waals surface area contributed by atoms with E-state index in [4.69, 9.17) is 0 Å². The van der Waals surface area contributed by atoms with Gasteiger partial charge in [0.15, 0.2) is 0 Å². The van der Waals surface area contributed by atoms with Gasteiger partial charge in [0.25, 0.3) is 11.8 Å². The van der Waals surface area contributed by atoms with E-state index in [-0.39, 0.29) is 17.2 Å². The molecule has 176 valence electrons. The first kappa shape index (κ1) is 21.4. The number of nitriles is 1. The molecule has 0 unspecified atom stereocenters. The molecule has 2 aromatic heterocycles. The summed E-state index contributed by atoms with van der Waals surface area (Å²) in [6.07, 6.45) is 6.89. The van der Waals surface area contributed by atoms with Crippen molar-refractivity contribution in [2.45, 2.75) is 19.4 Å². The molecule has 0 atom stereocenters. The Bertz CT molecular complexity index is 1420. The molecule has 9 nitrogen and oxygen atoms in total. The lowest BCUT2D eigenvalue weighted by atomic mass is 9.72. The fourth-order valence-electron chi connectivity index (χ4n) is 5.72. The second-order valence-electron chi connectivity index (χ2n) is 10.4. The third-order valence-corrected chi connectivity index (χ3v) is 7.48. The third kappa shape index (κ3) is 3.13. The van der Waals surface area contributed by atoms with E-state index in [1.54, 1.807) is 53.4 Å². The molecule has 35 heavy (non-hydrogen) atoms. The molecule has 3 aromatic rings. The van der Waals surface area contributed by atoms with Gasteiger partial charge in [0.1, 0.15) is 0 Å². The topological polar surface area (TPSA) is 98.4 Å². The number of aryl methyl sites for hydroxylation is 1. The maximum Gasteiger partial charge on any atom is 0.259 e. The molecule has 2 saturated heterocycles. The number of pyridine rings is 1. The highest BCUT2D eigenvalue weighted by Crippen LogP contribution is 2.45. The summed E-state index contributed by atoms with van der Waals surface area (Å²) in [5, 5.41) is 13.4. The maximum atomic E-state index is 13.3. The summed E-state index contributed by atoms with van der Waals surface area (Å²) >= 11 is 0. The Morgan fingerprint density at radius 2 is 1.80 bits per heavy atom. The zero-order chi connectivity index (χ0) is 24.5. The number of aromatic nitrogens is 3. The van der Waals surface area contributed by atoms with Crippen LogP contribution in [0.1, 0.15) is 45.7 Å². The highest BCUT2D eigenvalue weighted by molar-refractivity contribution is 6.12. The molecule has 0 bridgehead atoms. The van der Waals surface area contributed by atoms with Crippen molar-refractivity contribution in [1.82, 2.24) is 19.7 Å². The van der Waals surface area contributed by atoms with Crippen LogP contribution < -0.4 is 9.80 Å². The maximum absolute atomic E-state index is 13.3. The smallest absolute Gasteiger partial charge is 0.259 e. The van der Waals surface area contributed by atoms with Crippen molar-refractivity contribution in [2.75, 3.05) is 36.0 Å². The average Bonchev–Trinajstić information content (AvgIpc) is 3.30. The van der Waals surface area contributed by atoms with Crippen LogP contribution in [-0.4, -0.2) is 57.7 Å². The number of carbonyl (C=O) groups is 2. The van der Waals surface area contributed by atoms with E-state index >= 15 is 0 Å². The molecular weight excluding hydrogens is 442 g/mol. The van der Waals surface area contributed by atoms with Crippen LogP contribution in [0.15, 0.2) is 49.1 Å². The van der Waals surface area contributed by atoms with E-state index in [0.29, 0.717) is 16.7 Å². The number of amides is 2. The van der Waals surface area contributed by atoms with E-state index < -0.39 is 5.54 Å². The minimum absolute atomic E-state index is 0.0275. The Kier molecular flexibility index (Phi) is 4.36. The van der Waals surface area contributed by atoms with Gasteiger partial charge in [-0.05, 0) is 43.7 Å². The second-order valence-corrected chi connectivity index (χ2v) is 10.4. The molecule has 3 aliphatic rings. The number of fused-ring (bicyclic) bond motifs is 1. The van der Waals surface area contributed by atoms with E-state index in [1.165, 1.54) is 0 Å². The SMILES string of the molecule is Cn1cc(C(=O)N2CC3(C2)CN(c2cncc(N4C(=O)c5ccc(C#N)cc5C4(C)C)c2)C3)cn1. The lowest BCUT2D eigenvalue weighted by molar-refractivity contribution is -0.0105. The van der Waals surface area contributed by atoms with E-state index in [9.17, 15) is 14.9 Å². The third-order valence-electron chi connectivity index (χ3n) is 7.48. The number of likely N-dealkylation sites (tertiary alicyclic amines) is 1. The molecule has 3 aliphatic heterocycles. The van der Waals surface area contributed by atoms with Gasteiger partial charge in [-0.2, -0.15) is 10.4 Å². The van der Waals surface area contributed by atoms with Crippen molar-refractivity contribution in [1.29, 1.82) is 5.26 Å². The Morgan fingerprint density at radius 3 is 2.49 bits per heavy atom. The number of hydrogen-bond donors (Lipinski definition) is 0. The second kappa shape index (κ2) is 7.15. The van der Waals surface area contributed by atoms with Crippen LogP contribution in [0, 0.1) is 16.7 Å². The van der Waals surface area contributed by atoms with Crippen LogP contribution in [0.5, 0.6) is 0 Å². The molecule has 1 aromatic carbocycles. The van der Waals surface area contributed by atoms with E-state index in [0.717, 1.165) is 43.1 Å². The van der Waals surface area contributed by atoms with Gasteiger partial charge >= 0.3 is 0 Å². The standard InChI is InChI=1S/C26H25N7O2/c1-25(2)22-6-17(8-27)4-5-21(22)24(35)33(25)20-7-19(10-28-11-20)31-13-26(14-31)15-32(16-26)23(34)18-9-29-30(3)12-18/h4-7,9-12H,13-16H2,1-3H3. The first-order valence-corrected chi connectivity index (χ1v) is 11.6. The van der Waals surface area contributed by atoms with E-state index in [1.807, 2.05) is 31.0 Å². The zero-order valence-corrected chi connectivity index (χ0v) is 19.9. The number of hydrogen-bond acceptors (Lipinski definition) is 6. The van der Waals surface area contributed by atoms with Crippen LogP contribution in [0.2, 0.25) is 0 Å². The lowest BCUT2D eigenvalue weighted by Gasteiger charge is -2.60. The Labute approximate surface area is 203 Å². The van der Waals surface area contributed by atoms with Crippen molar-refractivity contribution < 1.29 is 9.59 Å². The number of benzene rings is 1. The van der Waals surface area contributed by atoms with Crippen molar-refractivity contribution in [2.24, 2.45) is 12.5 Å². The highest BCUT2D eigenvalue weighted by Gasteiger charge is 2.53. The summed E-state index contributed by atoms with van der Waals surface area (Å²) in [4.78, 5) is 36.3. The van der Waals surface area contributed by atoms with Gasteiger partial charge in [-0.3, -0.25) is 24.2 Å². The summed E-state index contributed by atoms with van der Waals surface area (Å²) in [5.74, 6) is -0.0585. The summed E-state index contributed by atoms with van der Waals surface area (Å²) in [5.41, 5.74) is 3.84. The van der Waals surface area contributed by atoms with Crippen LogP contribution >= 0.6 is 0 Å². The summed E-state index contributed by atoms with van der Waals surface area (Å²) in [7, 11) is 1.80. The fraction of sp³-hybridized carbons (Fsp3) is 0.346. The predicted octanol–water partition coefficient (Wildman–Crippen LogP) is 2.54. The Balaban J connectivity index is 1.17. The number of carbonyl (C=O) groups excluding carboxylic acids is 2. The summed E-state index contributed by atoms with van der Waals surface area (Å²) in [6, 6.07) is 9.40. The number of anilines is 2. The molecule has 0 aliphatic carbocycles. The highest BCUT2D eigenvalue weighted by atomic mass is 16.2. The summed E-state index contributed by atoms with van der Waals surface area (Å²) in [6.45, 7) is 7.14. The van der Waals surface area contributed by atoms with Crippen LogP contribution in [0.25, 0.3) is 0 Å². The zero-order valence-electron chi connectivity index (χ0n) is 19.9. The molecule has 5 heterocycles. The normalized spacial score (nSPS) is 19.3. The summed E-state index contributed by atoms with van der Waals surface area (Å²) < 4.78 is 1.64. The van der Waals surface area contributed by atoms with Crippen molar-refractivity contribution >= 4 is 23.2 Å². The van der Waals surface area contributed by atoms with Gasteiger partial charge < -0.3 is 9.80 Å². The number of rotatable bonds is 3. The van der Waals surface area contributed by atoms with Gasteiger partial charge in [-0.15, -0.1) is 0 Å². The van der Waals surface area contributed by atoms with Gasteiger partial charge in [0, 0.05) is 50.4 Å². The first-order valence-electron chi connectivity index (χ1n) is 11.6. The van der Waals surface area contributed by atoms with Crippen LogP contribution in [-0.2, 0) is 12.6 Å².